The molecule has 0 saturated carbocycles. The molecule has 0 aliphatic heterocycles. The summed E-state index contributed by atoms with van der Waals surface area (Å²) < 4.78 is 12.9. The molecular formula is C31H22Cl2N4O3. The SMILES string of the molecule is COc1ccc(-c2c3c(nc4c2c(-c2c[nH]c5ccccc25)nn4-c2ccc(Cl)c(Cl)c2)CCC3=O)cc1OC. The van der Waals surface area contributed by atoms with E-state index in [0.29, 0.717) is 57.0 Å². The fraction of sp³-hybridized carbons (Fsp3) is 0.129. The number of methoxy groups -OCH3 is 2. The van der Waals surface area contributed by atoms with Gasteiger partial charge in [0.05, 0.1) is 41.0 Å². The van der Waals surface area contributed by atoms with E-state index in [1.807, 2.05) is 54.7 Å². The lowest BCUT2D eigenvalue weighted by Crippen LogP contribution is -2.03. The average Bonchev–Trinajstić information content (AvgIpc) is 3.68. The van der Waals surface area contributed by atoms with Gasteiger partial charge in [-0.25, -0.2) is 9.67 Å². The Kier molecular flexibility index (Phi) is 5.80. The number of ketones is 1. The molecule has 0 radical (unpaired) electrons. The second-order valence-electron chi connectivity index (χ2n) is 9.61. The van der Waals surface area contributed by atoms with Gasteiger partial charge in [-0.05, 0) is 48.4 Å². The molecule has 3 aromatic heterocycles. The summed E-state index contributed by atoms with van der Waals surface area (Å²) in [5, 5.41) is 7.74. The van der Waals surface area contributed by atoms with Gasteiger partial charge in [0.1, 0.15) is 5.69 Å². The van der Waals surface area contributed by atoms with Gasteiger partial charge in [0.15, 0.2) is 22.9 Å². The van der Waals surface area contributed by atoms with Crippen molar-refractivity contribution >= 4 is 50.9 Å². The molecule has 0 amide bonds. The fourth-order valence-electron chi connectivity index (χ4n) is 5.57. The topological polar surface area (TPSA) is 82.0 Å². The van der Waals surface area contributed by atoms with Crippen molar-refractivity contribution in [2.75, 3.05) is 14.2 Å². The first-order valence-corrected chi connectivity index (χ1v) is 13.5. The maximum absolute atomic E-state index is 13.4. The minimum atomic E-state index is 0.0568. The molecule has 0 saturated heterocycles. The number of nitrogens with one attached hydrogen (secondary N) is 1. The highest BCUT2D eigenvalue weighted by molar-refractivity contribution is 6.42. The van der Waals surface area contributed by atoms with Crippen molar-refractivity contribution in [3.05, 3.63) is 88.2 Å². The van der Waals surface area contributed by atoms with Crippen molar-refractivity contribution in [1.82, 2.24) is 19.7 Å². The first-order valence-electron chi connectivity index (χ1n) is 12.7. The second kappa shape index (κ2) is 9.40. The number of ether oxygens (including phenoxy) is 2. The third-order valence-corrected chi connectivity index (χ3v) is 8.16. The van der Waals surface area contributed by atoms with Gasteiger partial charge in [0.2, 0.25) is 0 Å². The molecular weight excluding hydrogens is 547 g/mol. The van der Waals surface area contributed by atoms with E-state index in [4.69, 9.17) is 42.8 Å². The highest BCUT2D eigenvalue weighted by Crippen LogP contribution is 2.45. The first kappa shape index (κ1) is 24.7. The molecule has 1 N–H and O–H groups in total. The molecule has 3 heterocycles. The summed E-state index contributed by atoms with van der Waals surface area (Å²) in [4.78, 5) is 21.8. The number of para-hydroxylation sites is 1. The fourth-order valence-corrected chi connectivity index (χ4v) is 5.86. The van der Waals surface area contributed by atoms with Crippen LogP contribution in [0.15, 0.2) is 66.9 Å². The molecule has 3 aromatic carbocycles. The number of hydrogen-bond acceptors (Lipinski definition) is 5. The Morgan fingerprint density at radius 1 is 0.900 bits per heavy atom. The predicted molar refractivity (Wildman–Crippen MR) is 157 cm³/mol. The van der Waals surface area contributed by atoms with E-state index in [9.17, 15) is 4.79 Å². The van der Waals surface area contributed by atoms with Crippen molar-refractivity contribution in [3.8, 4) is 39.6 Å². The highest BCUT2D eigenvalue weighted by atomic mass is 35.5. The van der Waals surface area contributed by atoms with Crippen LogP contribution in [0.3, 0.4) is 0 Å². The summed E-state index contributed by atoms with van der Waals surface area (Å²) in [5.41, 5.74) is 6.85. The van der Waals surface area contributed by atoms with Crippen molar-refractivity contribution in [2.24, 2.45) is 0 Å². The minimum Gasteiger partial charge on any atom is -0.493 e. The number of benzene rings is 3. The van der Waals surface area contributed by atoms with Crippen molar-refractivity contribution < 1.29 is 14.3 Å². The lowest BCUT2D eigenvalue weighted by Gasteiger charge is -2.14. The van der Waals surface area contributed by atoms with Crippen LogP contribution in [-0.2, 0) is 6.42 Å². The molecule has 198 valence electrons. The Morgan fingerprint density at radius 3 is 2.52 bits per heavy atom. The van der Waals surface area contributed by atoms with Crippen LogP contribution in [0.5, 0.6) is 11.5 Å². The zero-order valence-corrected chi connectivity index (χ0v) is 23.1. The monoisotopic (exact) mass is 568 g/mol. The average molecular weight is 569 g/mol. The highest BCUT2D eigenvalue weighted by Gasteiger charge is 2.32. The molecule has 1 aliphatic rings. The number of aryl methyl sites for hydroxylation is 1. The minimum absolute atomic E-state index is 0.0568. The van der Waals surface area contributed by atoms with Crippen LogP contribution in [0, 0.1) is 0 Å². The summed E-state index contributed by atoms with van der Waals surface area (Å²) >= 11 is 12.7. The van der Waals surface area contributed by atoms with Crippen LogP contribution in [0.25, 0.3) is 50.0 Å². The Hall–Kier alpha value is -4.33. The number of aromatic nitrogens is 4. The Balaban J connectivity index is 1.64. The number of halogens is 2. The molecule has 7 rings (SSSR count). The molecule has 0 atom stereocenters. The van der Waals surface area contributed by atoms with Gasteiger partial charge in [-0.15, -0.1) is 0 Å². The molecule has 6 aromatic rings. The number of hydrogen-bond donors (Lipinski definition) is 1. The number of fused-ring (bicyclic) bond motifs is 3. The number of Topliss-reactive ketones (excluding diaryl/α,β-unsaturated/α-hetero) is 1. The van der Waals surface area contributed by atoms with Gasteiger partial charge in [-0.2, -0.15) is 5.10 Å². The number of carbonyl (C=O) groups excluding carboxylic acids is 1. The standard InChI is InChI=1S/C31H22Cl2N4O3/c1-39-25-12-7-16(13-26(25)40-2)27-28-23(10-11-24(28)38)35-31-29(27)30(19-15-34-22-6-4-3-5-18(19)22)36-37(31)17-8-9-20(32)21(33)14-17/h3-9,12-15,34H,10-11H2,1-2H3. The molecule has 0 spiro atoms. The van der Waals surface area contributed by atoms with Crippen LogP contribution in [0.2, 0.25) is 10.0 Å². The maximum atomic E-state index is 13.4. The third-order valence-electron chi connectivity index (χ3n) is 7.42. The van der Waals surface area contributed by atoms with Crippen LogP contribution in [0.1, 0.15) is 22.5 Å². The second-order valence-corrected chi connectivity index (χ2v) is 10.4. The van der Waals surface area contributed by atoms with E-state index in [-0.39, 0.29) is 5.78 Å². The zero-order chi connectivity index (χ0) is 27.5. The van der Waals surface area contributed by atoms with E-state index >= 15 is 0 Å². The van der Waals surface area contributed by atoms with E-state index < -0.39 is 0 Å². The van der Waals surface area contributed by atoms with Crippen molar-refractivity contribution in [3.63, 3.8) is 0 Å². The summed E-state index contributed by atoms with van der Waals surface area (Å²) in [6.45, 7) is 0. The zero-order valence-electron chi connectivity index (χ0n) is 21.6. The maximum Gasteiger partial charge on any atom is 0.165 e. The van der Waals surface area contributed by atoms with Crippen molar-refractivity contribution in [2.45, 2.75) is 12.8 Å². The molecule has 0 unspecified atom stereocenters. The Morgan fingerprint density at radius 2 is 1.73 bits per heavy atom. The van der Waals surface area contributed by atoms with Crippen LogP contribution >= 0.6 is 23.2 Å². The molecule has 1 aliphatic carbocycles. The number of pyridine rings is 1. The van der Waals surface area contributed by atoms with Gasteiger partial charge in [-0.3, -0.25) is 4.79 Å². The first-order chi connectivity index (χ1) is 19.5. The molecule has 0 bridgehead atoms. The Bertz CT molecular complexity index is 1990. The molecule has 40 heavy (non-hydrogen) atoms. The third kappa shape index (κ3) is 3.69. The van der Waals surface area contributed by atoms with E-state index in [0.717, 1.165) is 38.7 Å². The van der Waals surface area contributed by atoms with Gasteiger partial charge in [0, 0.05) is 40.2 Å². The van der Waals surface area contributed by atoms with Crippen molar-refractivity contribution in [1.29, 1.82) is 0 Å². The van der Waals surface area contributed by atoms with Gasteiger partial charge < -0.3 is 14.5 Å². The predicted octanol–water partition coefficient (Wildman–Crippen LogP) is 7.69. The number of aromatic amines is 1. The van der Waals surface area contributed by atoms with Gasteiger partial charge in [0.25, 0.3) is 0 Å². The Labute approximate surface area is 239 Å². The normalized spacial score (nSPS) is 12.8. The van der Waals surface area contributed by atoms with Crippen LogP contribution in [0.4, 0.5) is 0 Å². The number of nitrogens with zero attached hydrogens (tertiary/aromatic N) is 3. The van der Waals surface area contributed by atoms with E-state index in [1.165, 1.54) is 0 Å². The lowest BCUT2D eigenvalue weighted by atomic mass is 9.93. The number of rotatable bonds is 5. The molecule has 9 heteroatoms. The van der Waals surface area contributed by atoms with Gasteiger partial charge in [-0.1, -0.05) is 47.5 Å². The summed E-state index contributed by atoms with van der Waals surface area (Å²) in [6, 6.07) is 19.1. The smallest absolute Gasteiger partial charge is 0.165 e. The summed E-state index contributed by atoms with van der Waals surface area (Å²) in [7, 11) is 3.19. The van der Waals surface area contributed by atoms with E-state index in [2.05, 4.69) is 4.98 Å². The summed E-state index contributed by atoms with van der Waals surface area (Å²) in [6.07, 6.45) is 2.90. The van der Waals surface area contributed by atoms with Crippen LogP contribution in [-0.4, -0.2) is 39.8 Å². The number of carbonyl (C=O) groups is 1. The quantitative estimate of drug-likeness (QED) is 0.230. The molecule has 0 fully saturated rings. The van der Waals surface area contributed by atoms with Gasteiger partial charge >= 0.3 is 0 Å². The molecule has 7 nitrogen and oxygen atoms in total. The number of H-pyrrole nitrogens is 1. The summed E-state index contributed by atoms with van der Waals surface area (Å²) in [5.74, 6) is 1.22. The van der Waals surface area contributed by atoms with E-state index in [1.54, 1.807) is 31.0 Å². The largest absolute Gasteiger partial charge is 0.493 e. The van der Waals surface area contributed by atoms with Crippen LogP contribution < -0.4 is 9.47 Å². The lowest BCUT2D eigenvalue weighted by molar-refractivity contribution is 0.0995.